The first kappa shape index (κ1) is 20.1. The normalized spacial score (nSPS) is 14.6. The largest absolute Gasteiger partial charge is 0.484 e. The second-order valence-corrected chi connectivity index (χ2v) is 6.89. The summed E-state index contributed by atoms with van der Waals surface area (Å²) in [4.78, 5) is 28.1. The van der Waals surface area contributed by atoms with Crippen molar-refractivity contribution >= 4 is 29.1 Å². The Morgan fingerprint density at radius 1 is 1.07 bits per heavy atom. The van der Waals surface area contributed by atoms with Gasteiger partial charge in [-0.1, -0.05) is 17.7 Å². The first-order chi connectivity index (χ1) is 13.5. The number of piperazine rings is 1. The molecule has 1 fully saturated rings. The Kier molecular flexibility index (Phi) is 6.84. The third-order valence-electron chi connectivity index (χ3n) is 4.38. The van der Waals surface area contributed by atoms with Crippen molar-refractivity contribution in [3.8, 4) is 5.75 Å². The number of amides is 2. The molecule has 2 aromatic rings. The Labute approximate surface area is 167 Å². The maximum Gasteiger partial charge on any atom is 0.260 e. The molecule has 1 saturated heterocycles. The number of rotatable bonds is 6. The van der Waals surface area contributed by atoms with Crippen LogP contribution in [0.2, 0.25) is 5.02 Å². The van der Waals surface area contributed by atoms with Crippen molar-refractivity contribution < 1.29 is 18.7 Å². The van der Waals surface area contributed by atoms with Crippen molar-refractivity contribution in [3.63, 3.8) is 0 Å². The monoisotopic (exact) mass is 405 g/mol. The third kappa shape index (κ3) is 5.94. The lowest BCUT2D eigenvalue weighted by Gasteiger charge is -2.34. The maximum absolute atomic E-state index is 13.2. The van der Waals surface area contributed by atoms with E-state index in [1.807, 2.05) is 4.90 Å². The van der Waals surface area contributed by atoms with Crippen LogP contribution in [0.4, 0.5) is 10.1 Å². The number of benzene rings is 2. The Balaban J connectivity index is 1.39. The summed E-state index contributed by atoms with van der Waals surface area (Å²) < 4.78 is 18.7. The number of nitrogens with one attached hydrogen (secondary N) is 1. The molecule has 3 rings (SSSR count). The predicted octanol–water partition coefficient (Wildman–Crippen LogP) is 2.64. The van der Waals surface area contributed by atoms with E-state index in [1.165, 1.54) is 12.1 Å². The van der Waals surface area contributed by atoms with Gasteiger partial charge in [0.05, 0.1) is 6.54 Å². The van der Waals surface area contributed by atoms with Crippen LogP contribution in [0.5, 0.6) is 5.75 Å². The molecule has 0 atom stereocenters. The smallest absolute Gasteiger partial charge is 0.260 e. The van der Waals surface area contributed by atoms with Crippen molar-refractivity contribution in [1.29, 1.82) is 0 Å². The molecule has 1 aliphatic heterocycles. The second kappa shape index (κ2) is 9.52. The standard InChI is InChI=1S/C20H21ClFN3O3/c21-15-4-6-18(7-5-15)28-14-20(27)25-10-8-24(9-11-25)13-19(26)23-17-3-1-2-16(22)12-17/h1-7,12H,8-11,13-14H2,(H,23,26). The van der Waals surface area contributed by atoms with E-state index < -0.39 is 5.82 Å². The van der Waals surface area contributed by atoms with E-state index in [2.05, 4.69) is 5.32 Å². The van der Waals surface area contributed by atoms with Gasteiger partial charge in [-0.3, -0.25) is 14.5 Å². The van der Waals surface area contributed by atoms with Crippen molar-refractivity contribution in [2.24, 2.45) is 0 Å². The lowest BCUT2D eigenvalue weighted by Crippen LogP contribution is -2.51. The van der Waals surface area contributed by atoms with Gasteiger partial charge in [-0.05, 0) is 42.5 Å². The summed E-state index contributed by atoms with van der Waals surface area (Å²) in [5.41, 5.74) is 0.429. The summed E-state index contributed by atoms with van der Waals surface area (Å²) in [6, 6.07) is 12.6. The molecule has 0 unspecified atom stereocenters. The van der Waals surface area contributed by atoms with E-state index in [0.717, 1.165) is 0 Å². The fourth-order valence-electron chi connectivity index (χ4n) is 2.89. The van der Waals surface area contributed by atoms with Gasteiger partial charge in [0.1, 0.15) is 11.6 Å². The molecule has 0 aromatic heterocycles. The molecule has 0 radical (unpaired) electrons. The summed E-state index contributed by atoms with van der Waals surface area (Å²) in [6.07, 6.45) is 0. The number of halogens is 2. The Morgan fingerprint density at radius 2 is 1.79 bits per heavy atom. The van der Waals surface area contributed by atoms with Crippen LogP contribution in [0, 0.1) is 5.82 Å². The number of carbonyl (C=O) groups excluding carboxylic acids is 2. The highest BCUT2D eigenvalue weighted by molar-refractivity contribution is 6.30. The molecule has 0 bridgehead atoms. The van der Waals surface area contributed by atoms with Crippen LogP contribution in [-0.2, 0) is 9.59 Å². The van der Waals surface area contributed by atoms with Crippen LogP contribution < -0.4 is 10.1 Å². The van der Waals surface area contributed by atoms with Gasteiger partial charge >= 0.3 is 0 Å². The highest BCUT2D eigenvalue weighted by Gasteiger charge is 2.22. The fraction of sp³-hybridized carbons (Fsp3) is 0.300. The van der Waals surface area contributed by atoms with Crippen LogP contribution >= 0.6 is 11.6 Å². The lowest BCUT2D eigenvalue weighted by molar-refractivity contribution is -0.135. The van der Waals surface area contributed by atoms with Gasteiger partial charge < -0.3 is 15.0 Å². The molecule has 2 amide bonds. The van der Waals surface area contributed by atoms with E-state index >= 15 is 0 Å². The zero-order valence-electron chi connectivity index (χ0n) is 15.2. The van der Waals surface area contributed by atoms with E-state index in [4.69, 9.17) is 16.3 Å². The fourth-order valence-corrected chi connectivity index (χ4v) is 3.02. The van der Waals surface area contributed by atoms with Gasteiger partial charge in [0.25, 0.3) is 5.91 Å². The molecule has 8 heteroatoms. The SMILES string of the molecule is O=C(CN1CCN(C(=O)COc2ccc(Cl)cc2)CC1)Nc1cccc(F)c1. The number of hydrogen-bond acceptors (Lipinski definition) is 4. The van der Waals surface area contributed by atoms with E-state index in [9.17, 15) is 14.0 Å². The minimum atomic E-state index is -0.397. The van der Waals surface area contributed by atoms with Gasteiger partial charge in [0.15, 0.2) is 6.61 Å². The summed E-state index contributed by atoms with van der Waals surface area (Å²) in [6.45, 7) is 2.38. The average Bonchev–Trinajstić information content (AvgIpc) is 2.68. The van der Waals surface area contributed by atoms with Crippen LogP contribution in [0.3, 0.4) is 0 Å². The highest BCUT2D eigenvalue weighted by Crippen LogP contribution is 2.15. The molecule has 0 spiro atoms. The number of nitrogens with zero attached hydrogens (tertiary/aromatic N) is 2. The molecule has 2 aromatic carbocycles. The van der Waals surface area contributed by atoms with Crippen LogP contribution in [0.1, 0.15) is 0 Å². The second-order valence-electron chi connectivity index (χ2n) is 6.46. The van der Waals surface area contributed by atoms with E-state index in [-0.39, 0.29) is 25.0 Å². The zero-order valence-corrected chi connectivity index (χ0v) is 16.0. The van der Waals surface area contributed by atoms with Crippen molar-refractivity contribution in [2.45, 2.75) is 0 Å². The Hall–Kier alpha value is -2.64. The molecule has 6 nitrogen and oxygen atoms in total. The Morgan fingerprint density at radius 3 is 2.46 bits per heavy atom. The number of hydrogen-bond donors (Lipinski definition) is 1. The molecule has 1 N–H and O–H groups in total. The molecule has 148 valence electrons. The molecule has 0 saturated carbocycles. The topological polar surface area (TPSA) is 61.9 Å². The molecular weight excluding hydrogens is 385 g/mol. The van der Waals surface area contributed by atoms with Crippen LogP contribution in [0.25, 0.3) is 0 Å². The summed E-state index contributed by atoms with van der Waals surface area (Å²) >= 11 is 5.82. The lowest BCUT2D eigenvalue weighted by atomic mass is 10.3. The molecule has 0 aliphatic carbocycles. The molecular formula is C20H21ClFN3O3. The van der Waals surface area contributed by atoms with Gasteiger partial charge in [-0.15, -0.1) is 0 Å². The maximum atomic E-state index is 13.2. The minimum absolute atomic E-state index is 0.0400. The first-order valence-corrected chi connectivity index (χ1v) is 9.31. The van der Waals surface area contributed by atoms with Crippen LogP contribution in [-0.4, -0.2) is 60.9 Å². The highest BCUT2D eigenvalue weighted by atomic mass is 35.5. The first-order valence-electron chi connectivity index (χ1n) is 8.93. The molecule has 1 aliphatic rings. The van der Waals surface area contributed by atoms with E-state index in [0.29, 0.717) is 42.6 Å². The number of anilines is 1. The number of carbonyl (C=O) groups is 2. The van der Waals surface area contributed by atoms with Gasteiger partial charge in [0.2, 0.25) is 5.91 Å². The van der Waals surface area contributed by atoms with Crippen molar-refractivity contribution in [2.75, 3.05) is 44.6 Å². The quantitative estimate of drug-likeness (QED) is 0.802. The predicted molar refractivity (Wildman–Crippen MR) is 105 cm³/mol. The third-order valence-corrected chi connectivity index (χ3v) is 4.63. The molecule has 28 heavy (non-hydrogen) atoms. The molecule has 1 heterocycles. The van der Waals surface area contributed by atoms with Crippen molar-refractivity contribution in [3.05, 3.63) is 59.4 Å². The average molecular weight is 406 g/mol. The number of ether oxygens (including phenoxy) is 1. The van der Waals surface area contributed by atoms with E-state index in [1.54, 1.807) is 41.3 Å². The van der Waals surface area contributed by atoms with Crippen molar-refractivity contribution in [1.82, 2.24) is 9.80 Å². The summed E-state index contributed by atoms with van der Waals surface area (Å²) in [5, 5.41) is 3.28. The summed E-state index contributed by atoms with van der Waals surface area (Å²) in [7, 11) is 0. The van der Waals surface area contributed by atoms with Gasteiger partial charge in [-0.25, -0.2) is 4.39 Å². The minimum Gasteiger partial charge on any atom is -0.484 e. The van der Waals surface area contributed by atoms with Gasteiger partial charge in [0, 0.05) is 36.9 Å². The van der Waals surface area contributed by atoms with Crippen LogP contribution in [0.15, 0.2) is 48.5 Å². The zero-order chi connectivity index (χ0) is 19.9. The summed E-state index contributed by atoms with van der Waals surface area (Å²) in [5.74, 6) is -0.119. The van der Waals surface area contributed by atoms with Gasteiger partial charge in [-0.2, -0.15) is 0 Å². The Bertz CT molecular complexity index is 824.